The summed E-state index contributed by atoms with van der Waals surface area (Å²) < 4.78 is 0. The van der Waals surface area contributed by atoms with Gasteiger partial charge in [0, 0.05) is 58.7 Å². The molecule has 174 valence electrons. The lowest BCUT2D eigenvalue weighted by Gasteiger charge is -2.36. The summed E-state index contributed by atoms with van der Waals surface area (Å²) in [5.41, 5.74) is 2.78. The number of aromatic nitrogens is 2. The van der Waals surface area contributed by atoms with Gasteiger partial charge in [0.2, 0.25) is 5.95 Å². The number of hydrogen-bond donors (Lipinski definition) is 1. The molecule has 1 aromatic carbocycles. The van der Waals surface area contributed by atoms with E-state index >= 15 is 0 Å². The maximum atomic E-state index is 4.55. The van der Waals surface area contributed by atoms with Crippen LogP contribution in [0.2, 0.25) is 0 Å². The maximum Gasteiger partial charge on any atom is 0.225 e. The van der Waals surface area contributed by atoms with Gasteiger partial charge in [0.1, 0.15) is 0 Å². The van der Waals surface area contributed by atoms with E-state index in [1.165, 1.54) is 37.1 Å². The molecule has 2 aliphatic rings. The Morgan fingerprint density at radius 1 is 0.969 bits per heavy atom. The fraction of sp³-hybridized carbons (Fsp3) is 0.542. The van der Waals surface area contributed by atoms with Crippen molar-refractivity contribution in [2.24, 2.45) is 10.9 Å². The van der Waals surface area contributed by atoms with Crippen molar-refractivity contribution in [2.45, 2.75) is 32.9 Å². The average Bonchev–Trinajstić information content (AvgIpc) is 2.83. The van der Waals surface area contributed by atoms with E-state index in [1.807, 2.05) is 13.1 Å². The molecule has 1 N–H and O–H groups in total. The van der Waals surface area contributed by atoms with Gasteiger partial charge in [0.25, 0.3) is 0 Å². The topological polar surface area (TPSA) is 59.9 Å². The zero-order valence-electron chi connectivity index (χ0n) is 19.3. The molecule has 0 atom stereocenters. The summed E-state index contributed by atoms with van der Waals surface area (Å²) in [4.78, 5) is 20.5. The summed E-state index contributed by atoms with van der Waals surface area (Å²) in [5, 5.41) is 3.60. The summed E-state index contributed by atoms with van der Waals surface area (Å²) in [6.45, 7) is 10.2. The fourth-order valence-corrected chi connectivity index (χ4v) is 4.42. The summed E-state index contributed by atoms with van der Waals surface area (Å²) in [6, 6.07) is 10.7. The molecule has 2 aromatic rings. The molecule has 2 fully saturated rings. The SMILES string of the molecule is CN=C(NCc1ccccc1CN1CCC(C)CC1)N1CCN(c2ncccn2)CC1.I. The van der Waals surface area contributed by atoms with Crippen LogP contribution in [0, 0.1) is 5.92 Å². The number of hydrogen-bond acceptors (Lipinski definition) is 5. The molecule has 2 saturated heterocycles. The molecule has 0 amide bonds. The third-order valence-electron chi connectivity index (χ3n) is 6.45. The molecular weight excluding hydrogens is 513 g/mol. The Kier molecular flexibility index (Phi) is 9.52. The van der Waals surface area contributed by atoms with Crippen molar-refractivity contribution >= 4 is 35.9 Å². The number of aliphatic imine (C=N–C) groups is 1. The highest BCUT2D eigenvalue weighted by Crippen LogP contribution is 2.20. The van der Waals surface area contributed by atoms with Gasteiger partial charge in [-0.05, 0) is 49.0 Å². The molecule has 0 saturated carbocycles. The Hall–Kier alpha value is -1.94. The standard InChI is InChI=1S/C24H35N7.HI/c1-20-8-12-29(13-9-20)19-22-7-4-3-6-21(22)18-28-23(25-2)30-14-16-31(17-15-30)24-26-10-5-11-27-24;/h3-7,10-11,20H,8-9,12-19H2,1-2H3,(H,25,28);1H. The number of nitrogens with zero attached hydrogens (tertiary/aromatic N) is 6. The van der Waals surface area contributed by atoms with Crippen LogP contribution in [0.5, 0.6) is 0 Å². The molecule has 7 nitrogen and oxygen atoms in total. The fourth-order valence-electron chi connectivity index (χ4n) is 4.42. The van der Waals surface area contributed by atoms with Crippen LogP contribution in [0.3, 0.4) is 0 Å². The number of rotatable bonds is 5. The number of piperidine rings is 1. The lowest BCUT2D eigenvalue weighted by Crippen LogP contribution is -2.52. The van der Waals surface area contributed by atoms with Gasteiger partial charge in [-0.1, -0.05) is 31.2 Å². The van der Waals surface area contributed by atoms with Crippen molar-refractivity contribution in [1.82, 2.24) is 25.1 Å². The predicted molar refractivity (Wildman–Crippen MR) is 142 cm³/mol. The molecule has 1 aromatic heterocycles. The van der Waals surface area contributed by atoms with Gasteiger partial charge in [-0.25, -0.2) is 9.97 Å². The van der Waals surface area contributed by atoms with Gasteiger partial charge in [0.05, 0.1) is 0 Å². The van der Waals surface area contributed by atoms with Crippen LogP contribution in [-0.4, -0.2) is 72.0 Å². The van der Waals surface area contributed by atoms with Crippen LogP contribution >= 0.6 is 24.0 Å². The number of likely N-dealkylation sites (tertiary alicyclic amines) is 1. The van der Waals surface area contributed by atoms with E-state index in [-0.39, 0.29) is 24.0 Å². The second kappa shape index (κ2) is 12.3. The highest BCUT2D eigenvalue weighted by Gasteiger charge is 2.21. The smallest absolute Gasteiger partial charge is 0.225 e. The van der Waals surface area contributed by atoms with Gasteiger partial charge in [0.15, 0.2) is 5.96 Å². The van der Waals surface area contributed by atoms with Gasteiger partial charge in [-0.2, -0.15) is 0 Å². The monoisotopic (exact) mass is 549 g/mol. The number of piperazine rings is 1. The zero-order chi connectivity index (χ0) is 21.5. The molecule has 3 heterocycles. The largest absolute Gasteiger partial charge is 0.352 e. The minimum Gasteiger partial charge on any atom is -0.352 e. The average molecular weight is 550 g/mol. The van der Waals surface area contributed by atoms with Crippen LogP contribution in [0.15, 0.2) is 47.7 Å². The summed E-state index contributed by atoms with van der Waals surface area (Å²) >= 11 is 0. The maximum absolute atomic E-state index is 4.55. The van der Waals surface area contributed by atoms with Crippen molar-refractivity contribution in [3.8, 4) is 0 Å². The minimum atomic E-state index is 0. The molecule has 32 heavy (non-hydrogen) atoms. The van der Waals surface area contributed by atoms with Crippen LogP contribution in [0.4, 0.5) is 5.95 Å². The van der Waals surface area contributed by atoms with E-state index in [0.29, 0.717) is 0 Å². The molecule has 0 unspecified atom stereocenters. The molecule has 0 radical (unpaired) electrons. The Bertz CT molecular complexity index is 844. The van der Waals surface area contributed by atoms with Gasteiger partial charge in [-0.3, -0.25) is 9.89 Å². The molecule has 4 rings (SSSR count). The number of nitrogens with one attached hydrogen (secondary N) is 1. The number of benzene rings is 1. The second-order valence-corrected chi connectivity index (χ2v) is 8.65. The van der Waals surface area contributed by atoms with E-state index in [0.717, 1.165) is 57.1 Å². The van der Waals surface area contributed by atoms with Crippen molar-refractivity contribution in [3.63, 3.8) is 0 Å². The van der Waals surface area contributed by atoms with Crippen molar-refractivity contribution in [2.75, 3.05) is 51.2 Å². The second-order valence-electron chi connectivity index (χ2n) is 8.65. The third-order valence-corrected chi connectivity index (χ3v) is 6.45. The summed E-state index contributed by atoms with van der Waals surface area (Å²) in [7, 11) is 1.87. The lowest BCUT2D eigenvalue weighted by atomic mass is 9.98. The normalized spacial score (nSPS) is 18.4. The van der Waals surface area contributed by atoms with E-state index in [9.17, 15) is 0 Å². The van der Waals surface area contributed by atoms with Crippen LogP contribution in [0.1, 0.15) is 30.9 Å². The first-order valence-electron chi connectivity index (χ1n) is 11.5. The van der Waals surface area contributed by atoms with Crippen molar-refractivity contribution < 1.29 is 0 Å². The van der Waals surface area contributed by atoms with Gasteiger partial charge >= 0.3 is 0 Å². The van der Waals surface area contributed by atoms with Crippen LogP contribution in [-0.2, 0) is 13.1 Å². The Morgan fingerprint density at radius 2 is 1.62 bits per heavy atom. The number of guanidine groups is 1. The van der Waals surface area contributed by atoms with E-state index < -0.39 is 0 Å². The van der Waals surface area contributed by atoms with E-state index in [1.54, 1.807) is 12.4 Å². The van der Waals surface area contributed by atoms with E-state index in [4.69, 9.17) is 0 Å². The van der Waals surface area contributed by atoms with Crippen molar-refractivity contribution in [1.29, 1.82) is 0 Å². The first kappa shape index (κ1) is 24.7. The highest BCUT2D eigenvalue weighted by molar-refractivity contribution is 14.0. The number of anilines is 1. The first-order chi connectivity index (χ1) is 15.2. The minimum absolute atomic E-state index is 0. The molecule has 0 aliphatic carbocycles. The Balaban J connectivity index is 0.00000289. The summed E-state index contributed by atoms with van der Waals surface area (Å²) in [5.74, 6) is 2.65. The lowest BCUT2D eigenvalue weighted by molar-refractivity contribution is 0.185. The predicted octanol–water partition coefficient (Wildman–Crippen LogP) is 3.22. The van der Waals surface area contributed by atoms with E-state index in [2.05, 4.69) is 66.2 Å². The number of halogens is 1. The third kappa shape index (κ3) is 6.54. The molecule has 0 bridgehead atoms. The van der Waals surface area contributed by atoms with Crippen LogP contribution < -0.4 is 10.2 Å². The molecule has 2 aliphatic heterocycles. The van der Waals surface area contributed by atoms with Crippen LogP contribution in [0.25, 0.3) is 0 Å². The Labute approximate surface area is 209 Å². The summed E-state index contributed by atoms with van der Waals surface area (Å²) in [6.07, 6.45) is 6.23. The molecular formula is C24H36IN7. The molecule has 8 heteroatoms. The highest BCUT2D eigenvalue weighted by atomic mass is 127. The van der Waals surface area contributed by atoms with Gasteiger partial charge in [-0.15, -0.1) is 24.0 Å². The Morgan fingerprint density at radius 3 is 2.28 bits per heavy atom. The quantitative estimate of drug-likeness (QED) is 0.351. The molecule has 0 spiro atoms. The van der Waals surface area contributed by atoms with Gasteiger partial charge < -0.3 is 15.1 Å². The first-order valence-corrected chi connectivity index (χ1v) is 11.5. The van der Waals surface area contributed by atoms with Crippen molar-refractivity contribution in [3.05, 3.63) is 53.9 Å². The zero-order valence-corrected chi connectivity index (χ0v) is 21.6.